The van der Waals surface area contributed by atoms with Crippen LogP contribution in [0.5, 0.6) is 0 Å². The SMILES string of the molecule is CCN(C(=O)C1CCCCC1CN)c1ccccc1F. The van der Waals surface area contributed by atoms with Gasteiger partial charge in [0.1, 0.15) is 5.82 Å². The molecule has 1 fully saturated rings. The molecule has 20 heavy (non-hydrogen) atoms. The Morgan fingerprint density at radius 2 is 2.05 bits per heavy atom. The quantitative estimate of drug-likeness (QED) is 0.920. The van der Waals surface area contributed by atoms with Crippen LogP contribution in [0.15, 0.2) is 24.3 Å². The molecule has 0 radical (unpaired) electrons. The lowest BCUT2D eigenvalue weighted by Crippen LogP contribution is -2.42. The number of rotatable bonds is 4. The summed E-state index contributed by atoms with van der Waals surface area (Å²) in [5.74, 6) is -0.152. The number of nitrogens with zero attached hydrogens (tertiary/aromatic N) is 1. The smallest absolute Gasteiger partial charge is 0.230 e. The Balaban J connectivity index is 2.22. The van der Waals surface area contributed by atoms with Gasteiger partial charge in [0.2, 0.25) is 5.91 Å². The minimum absolute atomic E-state index is 0.0211. The van der Waals surface area contributed by atoms with Crippen LogP contribution < -0.4 is 10.6 Å². The number of halogens is 1. The Morgan fingerprint density at radius 1 is 1.35 bits per heavy atom. The van der Waals surface area contributed by atoms with Gasteiger partial charge in [-0.2, -0.15) is 0 Å². The van der Waals surface area contributed by atoms with Gasteiger partial charge in [0, 0.05) is 12.5 Å². The number of hydrogen-bond donors (Lipinski definition) is 1. The first-order valence-electron chi connectivity index (χ1n) is 7.45. The number of para-hydroxylation sites is 1. The van der Waals surface area contributed by atoms with Crippen molar-refractivity contribution >= 4 is 11.6 Å². The highest BCUT2D eigenvalue weighted by molar-refractivity contribution is 5.95. The molecule has 2 atom stereocenters. The summed E-state index contributed by atoms with van der Waals surface area (Å²) in [5, 5.41) is 0. The van der Waals surface area contributed by atoms with E-state index in [0.29, 0.717) is 18.8 Å². The number of benzene rings is 1. The summed E-state index contributed by atoms with van der Waals surface area (Å²) in [4.78, 5) is 14.3. The van der Waals surface area contributed by atoms with E-state index in [9.17, 15) is 9.18 Å². The van der Waals surface area contributed by atoms with Crippen molar-refractivity contribution in [1.29, 1.82) is 0 Å². The average Bonchev–Trinajstić information content (AvgIpc) is 2.49. The van der Waals surface area contributed by atoms with Crippen LogP contribution in [0.2, 0.25) is 0 Å². The molecule has 1 amide bonds. The molecule has 1 aliphatic carbocycles. The van der Waals surface area contributed by atoms with Gasteiger partial charge in [0.25, 0.3) is 0 Å². The number of carbonyl (C=O) groups excluding carboxylic acids is 1. The van der Waals surface area contributed by atoms with Crippen molar-refractivity contribution in [2.45, 2.75) is 32.6 Å². The molecule has 1 aromatic rings. The first-order valence-corrected chi connectivity index (χ1v) is 7.45. The molecular formula is C16H23FN2O. The molecule has 4 heteroatoms. The first kappa shape index (κ1) is 15.0. The summed E-state index contributed by atoms with van der Waals surface area (Å²) < 4.78 is 13.9. The van der Waals surface area contributed by atoms with Crippen molar-refractivity contribution in [2.24, 2.45) is 17.6 Å². The predicted octanol–water partition coefficient (Wildman–Crippen LogP) is 2.94. The molecule has 0 aromatic heterocycles. The van der Waals surface area contributed by atoms with Crippen molar-refractivity contribution in [3.8, 4) is 0 Å². The summed E-state index contributed by atoms with van der Waals surface area (Å²) in [5.41, 5.74) is 6.17. The molecule has 2 N–H and O–H groups in total. The molecule has 1 saturated carbocycles. The van der Waals surface area contributed by atoms with E-state index in [1.807, 2.05) is 6.92 Å². The third kappa shape index (κ3) is 3.01. The van der Waals surface area contributed by atoms with Gasteiger partial charge in [-0.1, -0.05) is 25.0 Å². The minimum Gasteiger partial charge on any atom is -0.330 e. The fourth-order valence-corrected chi connectivity index (χ4v) is 3.13. The van der Waals surface area contributed by atoms with Crippen LogP contribution in [0.4, 0.5) is 10.1 Å². The highest BCUT2D eigenvalue weighted by Crippen LogP contribution is 2.32. The fourth-order valence-electron chi connectivity index (χ4n) is 3.13. The maximum atomic E-state index is 13.9. The van der Waals surface area contributed by atoms with Gasteiger partial charge in [0.15, 0.2) is 0 Å². The van der Waals surface area contributed by atoms with Gasteiger partial charge in [-0.05, 0) is 44.4 Å². The first-order chi connectivity index (χ1) is 9.69. The van der Waals surface area contributed by atoms with E-state index >= 15 is 0 Å². The molecule has 0 bridgehead atoms. The highest BCUT2D eigenvalue weighted by atomic mass is 19.1. The van der Waals surface area contributed by atoms with E-state index in [2.05, 4.69) is 0 Å². The van der Waals surface area contributed by atoms with Crippen molar-refractivity contribution < 1.29 is 9.18 Å². The maximum absolute atomic E-state index is 13.9. The van der Waals surface area contributed by atoms with Crippen LogP contribution in [-0.2, 0) is 4.79 Å². The Bertz CT molecular complexity index is 464. The zero-order valence-corrected chi connectivity index (χ0v) is 12.0. The minimum atomic E-state index is -0.345. The van der Waals surface area contributed by atoms with E-state index in [1.165, 1.54) is 6.07 Å². The molecule has 2 unspecified atom stereocenters. The predicted molar refractivity (Wildman–Crippen MR) is 78.9 cm³/mol. The molecule has 3 nitrogen and oxygen atoms in total. The van der Waals surface area contributed by atoms with Crippen molar-refractivity contribution in [3.05, 3.63) is 30.1 Å². The number of amides is 1. The molecule has 1 aromatic carbocycles. The number of anilines is 1. The summed E-state index contributed by atoms with van der Waals surface area (Å²) in [7, 11) is 0. The Morgan fingerprint density at radius 3 is 2.70 bits per heavy atom. The molecule has 0 aliphatic heterocycles. The highest BCUT2D eigenvalue weighted by Gasteiger charge is 2.33. The van der Waals surface area contributed by atoms with E-state index < -0.39 is 0 Å². The molecule has 0 saturated heterocycles. The molecule has 1 aliphatic rings. The van der Waals surface area contributed by atoms with Crippen LogP contribution >= 0.6 is 0 Å². The summed E-state index contributed by atoms with van der Waals surface area (Å²) in [6.07, 6.45) is 4.06. The number of carbonyl (C=O) groups is 1. The fraction of sp³-hybridized carbons (Fsp3) is 0.562. The second-order valence-electron chi connectivity index (χ2n) is 5.42. The van der Waals surface area contributed by atoms with Crippen molar-refractivity contribution in [2.75, 3.05) is 18.0 Å². The van der Waals surface area contributed by atoms with E-state index in [1.54, 1.807) is 23.1 Å². The standard InChI is InChI=1S/C16H23FN2O/c1-2-19(15-10-6-5-9-14(15)17)16(20)13-8-4-3-7-12(13)11-18/h5-6,9-10,12-13H,2-4,7-8,11,18H2,1H3. The molecule has 110 valence electrons. The Kier molecular flexibility index (Phi) is 5.12. The van der Waals surface area contributed by atoms with E-state index in [0.717, 1.165) is 25.7 Å². The summed E-state index contributed by atoms with van der Waals surface area (Å²) in [6.45, 7) is 2.89. The Hall–Kier alpha value is -1.42. The number of hydrogen-bond acceptors (Lipinski definition) is 2. The van der Waals surface area contributed by atoms with Crippen LogP contribution in [-0.4, -0.2) is 19.0 Å². The molecule has 2 rings (SSSR count). The third-order valence-electron chi connectivity index (χ3n) is 4.25. The van der Waals surface area contributed by atoms with Gasteiger partial charge in [0.05, 0.1) is 5.69 Å². The van der Waals surface area contributed by atoms with E-state index in [4.69, 9.17) is 5.73 Å². The van der Waals surface area contributed by atoms with Crippen LogP contribution in [0.25, 0.3) is 0 Å². The van der Waals surface area contributed by atoms with Crippen LogP contribution in [0, 0.1) is 17.7 Å². The topological polar surface area (TPSA) is 46.3 Å². The zero-order valence-electron chi connectivity index (χ0n) is 12.0. The largest absolute Gasteiger partial charge is 0.330 e. The second-order valence-corrected chi connectivity index (χ2v) is 5.42. The lowest BCUT2D eigenvalue weighted by atomic mass is 9.78. The second kappa shape index (κ2) is 6.84. The zero-order chi connectivity index (χ0) is 14.5. The monoisotopic (exact) mass is 278 g/mol. The molecular weight excluding hydrogens is 255 g/mol. The molecule has 0 heterocycles. The van der Waals surface area contributed by atoms with Gasteiger partial charge in [-0.3, -0.25) is 4.79 Å². The van der Waals surface area contributed by atoms with Gasteiger partial charge in [-0.25, -0.2) is 4.39 Å². The van der Waals surface area contributed by atoms with E-state index in [-0.39, 0.29) is 23.6 Å². The van der Waals surface area contributed by atoms with Crippen LogP contribution in [0.3, 0.4) is 0 Å². The third-order valence-corrected chi connectivity index (χ3v) is 4.25. The Labute approximate surface area is 120 Å². The average molecular weight is 278 g/mol. The van der Waals surface area contributed by atoms with Crippen molar-refractivity contribution in [3.63, 3.8) is 0 Å². The van der Waals surface area contributed by atoms with Gasteiger partial charge < -0.3 is 10.6 Å². The normalized spacial score (nSPS) is 22.6. The van der Waals surface area contributed by atoms with Crippen LogP contribution in [0.1, 0.15) is 32.6 Å². The lowest BCUT2D eigenvalue weighted by Gasteiger charge is -2.34. The van der Waals surface area contributed by atoms with Crippen molar-refractivity contribution in [1.82, 2.24) is 0 Å². The lowest BCUT2D eigenvalue weighted by molar-refractivity contribution is -0.125. The summed E-state index contributed by atoms with van der Waals surface area (Å²) >= 11 is 0. The van der Waals surface area contributed by atoms with Gasteiger partial charge >= 0.3 is 0 Å². The molecule has 0 spiro atoms. The maximum Gasteiger partial charge on any atom is 0.230 e. The number of nitrogens with two attached hydrogens (primary N) is 1. The van der Waals surface area contributed by atoms with Gasteiger partial charge in [-0.15, -0.1) is 0 Å². The summed E-state index contributed by atoms with van der Waals surface area (Å²) in [6, 6.07) is 6.46.